The summed E-state index contributed by atoms with van der Waals surface area (Å²) >= 11 is 0. The fourth-order valence-corrected chi connectivity index (χ4v) is 4.19. The predicted octanol–water partition coefficient (Wildman–Crippen LogP) is 6.94. The van der Waals surface area contributed by atoms with Crippen molar-refractivity contribution in [1.82, 2.24) is 9.55 Å². The second-order valence-corrected chi connectivity index (χ2v) is 7.36. The molecule has 0 atom stereocenters. The number of aryl methyl sites for hydroxylation is 1. The van der Waals surface area contributed by atoms with Gasteiger partial charge in [-0.15, -0.1) is 12.4 Å². The number of fused-ring (bicyclic) bond motifs is 2. The third-order valence-corrected chi connectivity index (χ3v) is 5.77. The number of aromatic nitrogens is 2. The Labute approximate surface area is 177 Å². The first-order valence-electron chi connectivity index (χ1n) is 9.70. The van der Waals surface area contributed by atoms with E-state index in [-0.39, 0.29) is 12.4 Å². The summed E-state index contributed by atoms with van der Waals surface area (Å²) in [5, 5.41) is 3.77. The molecule has 29 heavy (non-hydrogen) atoms. The van der Waals surface area contributed by atoms with Crippen LogP contribution in [0.5, 0.6) is 0 Å². The van der Waals surface area contributed by atoms with Crippen LogP contribution in [0.1, 0.15) is 16.8 Å². The Morgan fingerprint density at radius 1 is 0.759 bits per heavy atom. The smallest absolute Gasteiger partial charge is 0.0951 e. The van der Waals surface area contributed by atoms with Gasteiger partial charge in [-0.3, -0.25) is 4.98 Å². The first kappa shape index (κ1) is 19.2. The molecular weight excluding hydrogens is 376 g/mol. The highest BCUT2D eigenvalue weighted by molar-refractivity contribution is 6.04. The van der Waals surface area contributed by atoms with Crippen molar-refractivity contribution in [2.45, 2.75) is 20.4 Å². The molecule has 0 amide bonds. The SMILES string of the molecule is Cc1c(C)n(Cc2ccccc2)c2c(-c3cccc4ccccc34)nccc12.Cl. The minimum atomic E-state index is 0. The van der Waals surface area contributed by atoms with Gasteiger partial charge in [0.2, 0.25) is 0 Å². The standard InChI is InChI=1S/C26H22N2.ClH/c1-18-19(2)28(17-20-9-4-3-5-10-20)26-22(18)15-16-27-25(26)24-14-8-12-21-11-6-7-13-23(21)24;/h3-16H,17H2,1-2H3;1H. The van der Waals surface area contributed by atoms with E-state index in [1.54, 1.807) is 0 Å². The number of halogens is 1. The van der Waals surface area contributed by atoms with E-state index >= 15 is 0 Å². The van der Waals surface area contributed by atoms with Crippen molar-refractivity contribution in [1.29, 1.82) is 0 Å². The zero-order valence-electron chi connectivity index (χ0n) is 16.6. The second-order valence-electron chi connectivity index (χ2n) is 7.36. The van der Waals surface area contributed by atoms with Crippen molar-refractivity contribution in [3.63, 3.8) is 0 Å². The van der Waals surface area contributed by atoms with Crippen LogP contribution >= 0.6 is 12.4 Å². The quantitative estimate of drug-likeness (QED) is 0.321. The molecule has 0 N–H and O–H groups in total. The Kier molecular flexibility index (Phi) is 5.12. The minimum Gasteiger partial charge on any atom is -0.338 e. The van der Waals surface area contributed by atoms with Crippen molar-refractivity contribution in [2.24, 2.45) is 0 Å². The third-order valence-electron chi connectivity index (χ3n) is 5.77. The number of pyridine rings is 1. The monoisotopic (exact) mass is 398 g/mol. The Bertz CT molecular complexity index is 1300. The van der Waals surface area contributed by atoms with E-state index < -0.39 is 0 Å². The van der Waals surface area contributed by atoms with Crippen LogP contribution in [0.2, 0.25) is 0 Å². The van der Waals surface area contributed by atoms with Crippen LogP contribution in [0.3, 0.4) is 0 Å². The van der Waals surface area contributed by atoms with Crippen molar-refractivity contribution in [3.8, 4) is 11.3 Å². The Morgan fingerprint density at radius 3 is 2.31 bits per heavy atom. The summed E-state index contributed by atoms with van der Waals surface area (Å²) in [7, 11) is 0. The lowest BCUT2D eigenvalue weighted by atomic mass is 10.0. The van der Waals surface area contributed by atoms with Crippen LogP contribution in [0.15, 0.2) is 85.1 Å². The first-order valence-corrected chi connectivity index (χ1v) is 9.70. The van der Waals surface area contributed by atoms with E-state index in [1.807, 2.05) is 6.20 Å². The number of hydrogen-bond acceptors (Lipinski definition) is 1. The maximum Gasteiger partial charge on any atom is 0.0951 e. The summed E-state index contributed by atoms with van der Waals surface area (Å²) in [6.45, 7) is 5.28. The van der Waals surface area contributed by atoms with Crippen LogP contribution in [0, 0.1) is 13.8 Å². The summed E-state index contributed by atoms with van der Waals surface area (Å²) in [6, 6.07) is 27.8. The summed E-state index contributed by atoms with van der Waals surface area (Å²) in [5.74, 6) is 0. The topological polar surface area (TPSA) is 17.8 Å². The van der Waals surface area contributed by atoms with Gasteiger partial charge in [-0.25, -0.2) is 0 Å². The highest BCUT2D eigenvalue weighted by atomic mass is 35.5. The van der Waals surface area contributed by atoms with Gasteiger partial charge in [0.05, 0.1) is 11.2 Å². The molecule has 2 aromatic heterocycles. The average molecular weight is 399 g/mol. The number of nitrogens with zero attached hydrogens (tertiary/aromatic N) is 2. The van der Waals surface area contributed by atoms with E-state index in [4.69, 9.17) is 4.98 Å². The van der Waals surface area contributed by atoms with E-state index in [9.17, 15) is 0 Å². The van der Waals surface area contributed by atoms with Gasteiger partial charge in [0.1, 0.15) is 0 Å². The Morgan fingerprint density at radius 2 is 1.48 bits per heavy atom. The molecule has 0 aliphatic carbocycles. The third kappa shape index (κ3) is 3.20. The minimum absolute atomic E-state index is 0. The predicted molar refractivity (Wildman–Crippen MR) is 125 cm³/mol. The lowest BCUT2D eigenvalue weighted by Gasteiger charge is -2.13. The molecule has 0 unspecified atom stereocenters. The van der Waals surface area contributed by atoms with Gasteiger partial charge in [0.15, 0.2) is 0 Å². The summed E-state index contributed by atoms with van der Waals surface area (Å²) < 4.78 is 2.42. The van der Waals surface area contributed by atoms with Gasteiger partial charge in [-0.1, -0.05) is 72.8 Å². The van der Waals surface area contributed by atoms with Gasteiger partial charge in [0.25, 0.3) is 0 Å². The highest BCUT2D eigenvalue weighted by Gasteiger charge is 2.17. The zero-order chi connectivity index (χ0) is 19.1. The molecule has 0 aliphatic heterocycles. The maximum atomic E-state index is 4.86. The highest BCUT2D eigenvalue weighted by Crippen LogP contribution is 2.35. The average Bonchev–Trinajstić information content (AvgIpc) is 2.99. The molecule has 0 spiro atoms. The van der Waals surface area contributed by atoms with Crippen LogP contribution in [-0.4, -0.2) is 9.55 Å². The summed E-state index contributed by atoms with van der Waals surface area (Å²) in [6.07, 6.45) is 1.94. The lowest BCUT2D eigenvalue weighted by Crippen LogP contribution is -2.03. The van der Waals surface area contributed by atoms with Crippen molar-refractivity contribution < 1.29 is 0 Å². The largest absolute Gasteiger partial charge is 0.338 e. The molecule has 5 aromatic rings. The van der Waals surface area contributed by atoms with Gasteiger partial charge in [-0.2, -0.15) is 0 Å². The molecule has 0 bridgehead atoms. The molecule has 3 aromatic carbocycles. The first-order chi connectivity index (χ1) is 13.7. The number of hydrogen-bond donors (Lipinski definition) is 0. The molecule has 0 saturated carbocycles. The fourth-order valence-electron chi connectivity index (χ4n) is 4.19. The van der Waals surface area contributed by atoms with Crippen LogP contribution in [0.4, 0.5) is 0 Å². The summed E-state index contributed by atoms with van der Waals surface area (Å²) in [5.41, 5.74) is 7.40. The number of benzene rings is 3. The molecular formula is C26H23ClN2. The molecule has 144 valence electrons. The molecule has 0 saturated heterocycles. The van der Waals surface area contributed by atoms with Crippen LogP contribution in [-0.2, 0) is 6.54 Å². The molecule has 2 heterocycles. The van der Waals surface area contributed by atoms with Crippen LogP contribution < -0.4 is 0 Å². The second kappa shape index (κ2) is 7.73. The Hall–Kier alpha value is -3.10. The van der Waals surface area contributed by atoms with E-state index in [2.05, 4.69) is 97.3 Å². The molecule has 0 fully saturated rings. The van der Waals surface area contributed by atoms with E-state index in [0.717, 1.165) is 12.2 Å². The lowest BCUT2D eigenvalue weighted by molar-refractivity contribution is 0.800. The van der Waals surface area contributed by atoms with E-state index in [0.29, 0.717) is 0 Å². The van der Waals surface area contributed by atoms with E-state index in [1.165, 1.54) is 44.1 Å². The molecule has 0 radical (unpaired) electrons. The molecule has 5 rings (SSSR count). The molecule has 2 nitrogen and oxygen atoms in total. The van der Waals surface area contributed by atoms with Crippen molar-refractivity contribution in [3.05, 3.63) is 102 Å². The van der Waals surface area contributed by atoms with Gasteiger partial charge in [0, 0.05) is 29.4 Å². The number of rotatable bonds is 3. The van der Waals surface area contributed by atoms with Gasteiger partial charge >= 0.3 is 0 Å². The van der Waals surface area contributed by atoms with Crippen molar-refractivity contribution in [2.75, 3.05) is 0 Å². The van der Waals surface area contributed by atoms with Gasteiger partial charge in [-0.05, 0) is 41.8 Å². The van der Waals surface area contributed by atoms with Crippen molar-refractivity contribution >= 4 is 34.1 Å². The van der Waals surface area contributed by atoms with Crippen LogP contribution in [0.25, 0.3) is 32.9 Å². The summed E-state index contributed by atoms with van der Waals surface area (Å²) in [4.78, 5) is 4.86. The normalized spacial score (nSPS) is 11.0. The zero-order valence-corrected chi connectivity index (χ0v) is 17.4. The van der Waals surface area contributed by atoms with Gasteiger partial charge < -0.3 is 4.57 Å². The fraction of sp³-hybridized carbons (Fsp3) is 0.115. The molecule has 3 heteroatoms. The molecule has 0 aliphatic rings. The Balaban J connectivity index is 0.00000205. The maximum absolute atomic E-state index is 4.86.